The van der Waals surface area contributed by atoms with Gasteiger partial charge in [0.15, 0.2) is 0 Å². The lowest BCUT2D eigenvalue weighted by molar-refractivity contribution is -0.132. The molecule has 1 aliphatic rings. The number of likely N-dealkylation sites (tertiary alicyclic amines) is 1. The number of hydrogen-bond donors (Lipinski definition) is 1. The van der Waals surface area contributed by atoms with Crippen LogP contribution in [0.1, 0.15) is 19.3 Å². The normalized spacial score (nSPS) is 16.8. The minimum absolute atomic E-state index is 0.217. The average Bonchev–Trinajstić information content (AvgIpc) is 2.89. The quantitative estimate of drug-likeness (QED) is 0.918. The second kappa shape index (κ2) is 5.63. The third-order valence-corrected chi connectivity index (χ3v) is 3.99. The molecule has 2 N–H and O–H groups in total. The van der Waals surface area contributed by atoms with E-state index >= 15 is 0 Å². The van der Waals surface area contributed by atoms with Gasteiger partial charge in [0, 0.05) is 32.1 Å². The van der Waals surface area contributed by atoms with Crippen molar-refractivity contribution in [3.05, 3.63) is 30.6 Å². The fourth-order valence-electron chi connectivity index (χ4n) is 2.71. The number of aromatic nitrogens is 2. The van der Waals surface area contributed by atoms with Crippen LogP contribution in [0.5, 0.6) is 0 Å². The maximum Gasteiger partial charge on any atom is 0.224 e. The summed E-state index contributed by atoms with van der Waals surface area (Å²) in [6, 6.07) is 8.25. The maximum atomic E-state index is 12.2. The molecular formula is C15H20N4O. The van der Waals surface area contributed by atoms with E-state index in [-0.39, 0.29) is 11.9 Å². The zero-order chi connectivity index (χ0) is 13.9. The van der Waals surface area contributed by atoms with Crippen molar-refractivity contribution in [1.82, 2.24) is 14.5 Å². The lowest BCUT2D eigenvalue weighted by Gasteiger charge is -2.30. The molecule has 0 radical (unpaired) electrons. The Morgan fingerprint density at radius 1 is 1.30 bits per heavy atom. The largest absolute Gasteiger partial charge is 0.343 e. The molecule has 106 valence electrons. The van der Waals surface area contributed by atoms with Crippen LogP contribution in [0.3, 0.4) is 0 Å². The van der Waals surface area contributed by atoms with Gasteiger partial charge in [0.05, 0.1) is 17.4 Å². The highest BCUT2D eigenvalue weighted by molar-refractivity contribution is 5.77. The second-order valence-electron chi connectivity index (χ2n) is 5.39. The van der Waals surface area contributed by atoms with Crippen molar-refractivity contribution in [3.8, 4) is 0 Å². The molecule has 1 aromatic carbocycles. The lowest BCUT2D eigenvalue weighted by Crippen LogP contribution is -2.43. The van der Waals surface area contributed by atoms with Crippen LogP contribution in [0.15, 0.2) is 30.6 Å². The molecule has 0 atom stereocenters. The number of piperidine rings is 1. The first kappa shape index (κ1) is 13.1. The van der Waals surface area contributed by atoms with Gasteiger partial charge < -0.3 is 15.2 Å². The summed E-state index contributed by atoms with van der Waals surface area (Å²) in [4.78, 5) is 18.5. The van der Waals surface area contributed by atoms with Gasteiger partial charge in [-0.3, -0.25) is 4.79 Å². The first-order valence-electron chi connectivity index (χ1n) is 7.17. The van der Waals surface area contributed by atoms with Crippen LogP contribution in [0.2, 0.25) is 0 Å². The van der Waals surface area contributed by atoms with Gasteiger partial charge in [-0.15, -0.1) is 0 Å². The number of nitrogens with two attached hydrogens (primary N) is 1. The van der Waals surface area contributed by atoms with E-state index in [1.165, 1.54) is 0 Å². The Hall–Kier alpha value is -1.88. The molecule has 1 amide bonds. The van der Waals surface area contributed by atoms with Crippen LogP contribution in [-0.4, -0.2) is 39.5 Å². The van der Waals surface area contributed by atoms with E-state index in [4.69, 9.17) is 5.73 Å². The number of imidazole rings is 1. The molecule has 0 bridgehead atoms. The molecule has 1 aromatic heterocycles. The molecule has 5 heteroatoms. The molecule has 2 heterocycles. The minimum atomic E-state index is 0.217. The Labute approximate surface area is 118 Å². The molecule has 3 rings (SSSR count). The number of para-hydroxylation sites is 2. The smallest absolute Gasteiger partial charge is 0.224 e. The Kier molecular flexibility index (Phi) is 3.69. The predicted molar refractivity (Wildman–Crippen MR) is 78.1 cm³/mol. The van der Waals surface area contributed by atoms with E-state index in [2.05, 4.69) is 4.98 Å². The van der Waals surface area contributed by atoms with Gasteiger partial charge in [-0.1, -0.05) is 12.1 Å². The van der Waals surface area contributed by atoms with Crippen molar-refractivity contribution in [2.24, 2.45) is 5.73 Å². The van der Waals surface area contributed by atoms with Crippen LogP contribution in [0, 0.1) is 0 Å². The Balaban J connectivity index is 1.60. The molecule has 2 aromatic rings. The summed E-state index contributed by atoms with van der Waals surface area (Å²) in [6.07, 6.45) is 4.17. The highest BCUT2D eigenvalue weighted by atomic mass is 16.2. The Morgan fingerprint density at radius 2 is 2.05 bits per heavy atom. The van der Waals surface area contributed by atoms with Gasteiger partial charge in [0.1, 0.15) is 0 Å². The predicted octanol–water partition coefficient (Wildman–Crippen LogP) is 1.38. The summed E-state index contributed by atoms with van der Waals surface area (Å²) in [5.41, 5.74) is 7.92. The lowest BCUT2D eigenvalue weighted by atomic mass is 10.1. The summed E-state index contributed by atoms with van der Waals surface area (Å²) in [7, 11) is 0. The van der Waals surface area contributed by atoms with Crippen LogP contribution in [0.25, 0.3) is 11.0 Å². The van der Waals surface area contributed by atoms with E-state index in [0.717, 1.165) is 37.0 Å². The SMILES string of the molecule is NC1CCN(C(=O)CCn2cnc3ccccc32)CC1. The standard InChI is InChI=1S/C15H20N4O/c16-12-5-8-18(9-6-12)15(20)7-10-19-11-17-13-3-1-2-4-14(13)19/h1-4,11-12H,5-10,16H2. The third kappa shape index (κ3) is 2.67. The van der Waals surface area contributed by atoms with E-state index in [1.54, 1.807) is 0 Å². The molecule has 1 fully saturated rings. The monoisotopic (exact) mass is 272 g/mol. The van der Waals surface area contributed by atoms with E-state index < -0.39 is 0 Å². The van der Waals surface area contributed by atoms with E-state index in [1.807, 2.05) is 40.1 Å². The molecular weight excluding hydrogens is 252 g/mol. The van der Waals surface area contributed by atoms with Crippen LogP contribution < -0.4 is 5.73 Å². The first-order chi connectivity index (χ1) is 9.74. The number of aryl methyl sites for hydroxylation is 1. The third-order valence-electron chi connectivity index (χ3n) is 3.99. The number of amides is 1. The molecule has 20 heavy (non-hydrogen) atoms. The zero-order valence-electron chi connectivity index (χ0n) is 11.5. The van der Waals surface area contributed by atoms with Gasteiger partial charge in [-0.05, 0) is 25.0 Å². The molecule has 5 nitrogen and oxygen atoms in total. The molecule has 0 spiro atoms. The summed E-state index contributed by atoms with van der Waals surface area (Å²) in [5, 5.41) is 0. The zero-order valence-corrected chi connectivity index (χ0v) is 11.5. The number of rotatable bonds is 3. The van der Waals surface area contributed by atoms with Crippen molar-refractivity contribution in [3.63, 3.8) is 0 Å². The second-order valence-corrected chi connectivity index (χ2v) is 5.39. The summed E-state index contributed by atoms with van der Waals surface area (Å²) < 4.78 is 2.04. The molecule has 0 unspecified atom stereocenters. The van der Waals surface area contributed by atoms with Gasteiger partial charge in [-0.25, -0.2) is 4.98 Å². The van der Waals surface area contributed by atoms with Crippen LogP contribution in [-0.2, 0) is 11.3 Å². The fraction of sp³-hybridized carbons (Fsp3) is 0.467. The summed E-state index contributed by atoms with van der Waals surface area (Å²) >= 11 is 0. The topological polar surface area (TPSA) is 64.2 Å². The summed E-state index contributed by atoms with van der Waals surface area (Å²) in [5.74, 6) is 0.217. The number of carbonyl (C=O) groups excluding carboxylic acids is 1. The Morgan fingerprint density at radius 3 is 2.85 bits per heavy atom. The highest BCUT2D eigenvalue weighted by Crippen LogP contribution is 2.14. The van der Waals surface area contributed by atoms with Crippen molar-refractivity contribution in [2.45, 2.75) is 31.8 Å². The minimum Gasteiger partial charge on any atom is -0.343 e. The van der Waals surface area contributed by atoms with E-state index in [0.29, 0.717) is 13.0 Å². The van der Waals surface area contributed by atoms with Crippen molar-refractivity contribution in [1.29, 1.82) is 0 Å². The van der Waals surface area contributed by atoms with Crippen LogP contribution in [0.4, 0.5) is 0 Å². The van der Waals surface area contributed by atoms with Crippen molar-refractivity contribution >= 4 is 16.9 Å². The fourth-order valence-corrected chi connectivity index (χ4v) is 2.71. The molecule has 1 aliphatic heterocycles. The molecule has 0 saturated carbocycles. The maximum absolute atomic E-state index is 12.2. The molecule has 0 aliphatic carbocycles. The van der Waals surface area contributed by atoms with Gasteiger partial charge >= 0.3 is 0 Å². The number of nitrogens with zero attached hydrogens (tertiary/aromatic N) is 3. The van der Waals surface area contributed by atoms with Crippen molar-refractivity contribution in [2.75, 3.05) is 13.1 Å². The van der Waals surface area contributed by atoms with Crippen LogP contribution >= 0.6 is 0 Å². The van der Waals surface area contributed by atoms with Gasteiger partial charge in [0.2, 0.25) is 5.91 Å². The summed E-state index contributed by atoms with van der Waals surface area (Å²) in [6.45, 7) is 2.28. The molecule has 1 saturated heterocycles. The number of benzene rings is 1. The van der Waals surface area contributed by atoms with Gasteiger partial charge in [-0.2, -0.15) is 0 Å². The van der Waals surface area contributed by atoms with Crippen molar-refractivity contribution < 1.29 is 4.79 Å². The number of fused-ring (bicyclic) bond motifs is 1. The number of carbonyl (C=O) groups is 1. The Bertz CT molecular complexity index is 599. The van der Waals surface area contributed by atoms with E-state index in [9.17, 15) is 4.79 Å². The first-order valence-corrected chi connectivity index (χ1v) is 7.17. The highest BCUT2D eigenvalue weighted by Gasteiger charge is 2.20. The number of hydrogen-bond acceptors (Lipinski definition) is 3. The van der Waals surface area contributed by atoms with Gasteiger partial charge in [0.25, 0.3) is 0 Å². The average molecular weight is 272 g/mol.